The van der Waals surface area contributed by atoms with Gasteiger partial charge in [0.2, 0.25) is 0 Å². The van der Waals surface area contributed by atoms with Crippen LogP contribution in [-0.4, -0.2) is 30.8 Å². The molecule has 6 heteroatoms. The van der Waals surface area contributed by atoms with E-state index in [0.717, 1.165) is 0 Å². The maximum atomic E-state index is 12.5. The van der Waals surface area contributed by atoms with Crippen LogP contribution in [0, 0.1) is 11.3 Å². The Kier molecular flexibility index (Phi) is 5.11. The molecule has 3 nitrogen and oxygen atoms in total. The molecule has 20 heavy (non-hydrogen) atoms. The van der Waals surface area contributed by atoms with E-state index in [1.165, 1.54) is 0 Å². The van der Waals surface area contributed by atoms with Crippen molar-refractivity contribution in [3.05, 3.63) is 0 Å². The predicted molar refractivity (Wildman–Crippen MR) is 70.2 cm³/mol. The van der Waals surface area contributed by atoms with Gasteiger partial charge in [0.1, 0.15) is 5.54 Å². The Morgan fingerprint density at radius 3 is 2.40 bits per heavy atom. The Labute approximate surface area is 118 Å². The zero-order chi connectivity index (χ0) is 15.6. The van der Waals surface area contributed by atoms with E-state index < -0.39 is 24.2 Å². The maximum Gasteiger partial charge on any atom is 0.401 e. The van der Waals surface area contributed by atoms with Crippen molar-refractivity contribution in [1.29, 1.82) is 0 Å². The van der Waals surface area contributed by atoms with Crippen LogP contribution in [0.1, 0.15) is 47.0 Å². The first-order valence-electron chi connectivity index (χ1n) is 7.01. The summed E-state index contributed by atoms with van der Waals surface area (Å²) in [4.78, 5) is 12.2. The first-order chi connectivity index (χ1) is 9.02. The van der Waals surface area contributed by atoms with E-state index in [1.807, 2.05) is 6.92 Å². The third-order valence-electron chi connectivity index (χ3n) is 4.14. The SMILES string of the molecule is CCOC(=O)C1(NCC(F)(F)F)CCC(C)(C)CC1C. The number of halogens is 3. The summed E-state index contributed by atoms with van der Waals surface area (Å²) in [5.74, 6) is -0.764. The number of ether oxygens (including phenoxy) is 1. The molecule has 1 saturated carbocycles. The highest BCUT2D eigenvalue weighted by Gasteiger charge is 2.51. The lowest BCUT2D eigenvalue weighted by Crippen LogP contribution is -2.62. The third kappa shape index (κ3) is 4.11. The number of hydrogen-bond acceptors (Lipinski definition) is 3. The minimum absolute atomic E-state index is 0.0370. The molecule has 2 atom stereocenters. The van der Waals surface area contributed by atoms with Crippen LogP contribution in [0.5, 0.6) is 0 Å². The number of carbonyl (C=O) groups excluding carboxylic acids is 1. The second kappa shape index (κ2) is 5.92. The largest absolute Gasteiger partial charge is 0.465 e. The summed E-state index contributed by atoms with van der Waals surface area (Å²) in [6, 6.07) is 0. The molecule has 0 aliphatic heterocycles. The van der Waals surface area contributed by atoms with Crippen molar-refractivity contribution < 1.29 is 22.7 Å². The third-order valence-corrected chi connectivity index (χ3v) is 4.14. The molecule has 1 fully saturated rings. The Morgan fingerprint density at radius 2 is 1.95 bits per heavy atom. The predicted octanol–water partition coefficient (Wildman–Crippen LogP) is 3.29. The average Bonchev–Trinajstić information content (AvgIpc) is 2.26. The normalized spacial score (nSPS) is 30.1. The quantitative estimate of drug-likeness (QED) is 0.809. The van der Waals surface area contributed by atoms with E-state index in [9.17, 15) is 18.0 Å². The van der Waals surface area contributed by atoms with Crippen LogP contribution in [0.4, 0.5) is 13.2 Å². The zero-order valence-electron chi connectivity index (χ0n) is 12.6. The first kappa shape index (κ1) is 17.3. The molecule has 0 amide bonds. The van der Waals surface area contributed by atoms with Gasteiger partial charge in [0.05, 0.1) is 13.2 Å². The topological polar surface area (TPSA) is 38.3 Å². The van der Waals surface area contributed by atoms with Crippen molar-refractivity contribution in [2.45, 2.75) is 58.7 Å². The minimum Gasteiger partial charge on any atom is -0.465 e. The van der Waals surface area contributed by atoms with Crippen LogP contribution in [-0.2, 0) is 9.53 Å². The fourth-order valence-electron chi connectivity index (χ4n) is 3.04. The van der Waals surface area contributed by atoms with Crippen molar-refractivity contribution in [3.8, 4) is 0 Å². The van der Waals surface area contributed by atoms with E-state index in [0.29, 0.717) is 19.3 Å². The lowest BCUT2D eigenvalue weighted by atomic mass is 9.63. The summed E-state index contributed by atoms with van der Waals surface area (Å²) in [5.41, 5.74) is -1.18. The zero-order valence-corrected chi connectivity index (χ0v) is 12.6. The van der Waals surface area contributed by atoms with Gasteiger partial charge in [-0.15, -0.1) is 0 Å². The molecule has 0 heterocycles. The van der Waals surface area contributed by atoms with E-state index in [-0.39, 0.29) is 17.9 Å². The number of rotatable bonds is 4. The molecule has 0 saturated heterocycles. The van der Waals surface area contributed by atoms with E-state index in [1.54, 1.807) is 6.92 Å². The van der Waals surface area contributed by atoms with Crippen LogP contribution in [0.25, 0.3) is 0 Å². The van der Waals surface area contributed by atoms with E-state index in [4.69, 9.17) is 4.74 Å². The molecule has 0 aromatic heterocycles. The Bertz CT molecular complexity index is 355. The molecule has 2 unspecified atom stereocenters. The molecule has 0 spiro atoms. The molecule has 1 aliphatic carbocycles. The second-order valence-corrected chi connectivity index (χ2v) is 6.43. The summed E-state index contributed by atoms with van der Waals surface area (Å²) in [5, 5.41) is 2.45. The first-order valence-corrected chi connectivity index (χ1v) is 7.01. The fourth-order valence-corrected chi connectivity index (χ4v) is 3.04. The monoisotopic (exact) mass is 295 g/mol. The van der Waals surface area contributed by atoms with Crippen molar-refractivity contribution >= 4 is 5.97 Å². The molecule has 0 aromatic carbocycles. The smallest absolute Gasteiger partial charge is 0.401 e. The van der Waals surface area contributed by atoms with Crippen LogP contribution in [0.2, 0.25) is 0 Å². The number of alkyl halides is 3. The van der Waals surface area contributed by atoms with Gasteiger partial charge in [0.25, 0.3) is 0 Å². The summed E-state index contributed by atoms with van der Waals surface area (Å²) in [6.45, 7) is 6.62. The molecular weight excluding hydrogens is 271 g/mol. The maximum absolute atomic E-state index is 12.5. The highest BCUT2D eigenvalue weighted by atomic mass is 19.4. The van der Waals surface area contributed by atoms with Crippen molar-refractivity contribution in [3.63, 3.8) is 0 Å². The number of carbonyl (C=O) groups is 1. The van der Waals surface area contributed by atoms with Crippen LogP contribution < -0.4 is 5.32 Å². The Balaban J connectivity index is 2.93. The summed E-state index contributed by atoms with van der Waals surface area (Å²) >= 11 is 0. The standard InChI is InChI=1S/C14H24F3NO2/c1-5-20-11(19)13(18-9-14(15,16)17)7-6-12(3,4)8-10(13)2/h10,18H,5-9H2,1-4H3. The van der Waals surface area contributed by atoms with E-state index >= 15 is 0 Å². The molecule has 1 rings (SSSR count). The van der Waals surface area contributed by atoms with Crippen molar-refractivity contribution in [2.24, 2.45) is 11.3 Å². The van der Waals surface area contributed by atoms with Gasteiger partial charge >= 0.3 is 12.1 Å². The molecule has 1 N–H and O–H groups in total. The summed E-state index contributed by atoms with van der Waals surface area (Å²) in [7, 11) is 0. The van der Waals surface area contributed by atoms with E-state index in [2.05, 4.69) is 19.2 Å². The molecule has 1 aliphatic rings. The van der Waals surface area contributed by atoms with Gasteiger partial charge in [-0.1, -0.05) is 20.8 Å². The number of esters is 1. The highest BCUT2D eigenvalue weighted by molar-refractivity contribution is 5.81. The minimum atomic E-state index is -4.34. The molecule has 0 radical (unpaired) electrons. The van der Waals surface area contributed by atoms with Gasteiger partial charge in [0, 0.05) is 0 Å². The lowest BCUT2D eigenvalue weighted by Gasteiger charge is -2.47. The highest BCUT2D eigenvalue weighted by Crippen LogP contribution is 2.44. The van der Waals surface area contributed by atoms with Gasteiger partial charge in [-0.05, 0) is 37.5 Å². The van der Waals surface area contributed by atoms with Gasteiger partial charge in [0.15, 0.2) is 0 Å². The lowest BCUT2D eigenvalue weighted by molar-refractivity contribution is -0.162. The van der Waals surface area contributed by atoms with Crippen LogP contribution in [0.15, 0.2) is 0 Å². The molecule has 0 aromatic rings. The molecule has 118 valence electrons. The number of nitrogens with one attached hydrogen (secondary N) is 1. The van der Waals surface area contributed by atoms with Gasteiger partial charge in [-0.3, -0.25) is 10.1 Å². The van der Waals surface area contributed by atoms with Gasteiger partial charge in [-0.2, -0.15) is 13.2 Å². The Hall–Kier alpha value is -0.780. The van der Waals surface area contributed by atoms with Crippen molar-refractivity contribution in [2.75, 3.05) is 13.2 Å². The molecule has 0 bridgehead atoms. The number of hydrogen-bond donors (Lipinski definition) is 1. The van der Waals surface area contributed by atoms with Crippen molar-refractivity contribution in [1.82, 2.24) is 5.32 Å². The Morgan fingerprint density at radius 1 is 1.35 bits per heavy atom. The molecular formula is C14H24F3NO2. The van der Waals surface area contributed by atoms with Gasteiger partial charge < -0.3 is 4.74 Å². The average molecular weight is 295 g/mol. The summed E-state index contributed by atoms with van der Waals surface area (Å²) in [6.07, 6.45) is -2.58. The van der Waals surface area contributed by atoms with Gasteiger partial charge in [-0.25, -0.2) is 0 Å². The fraction of sp³-hybridized carbons (Fsp3) is 0.929. The van der Waals surface area contributed by atoms with Crippen LogP contribution in [0.3, 0.4) is 0 Å². The van der Waals surface area contributed by atoms with Crippen LogP contribution >= 0.6 is 0 Å². The summed E-state index contributed by atoms with van der Waals surface area (Å²) < 4.78 is 42.5. The second-order valence-electron chi connectivity index (χ2n) is 6.43.